The third-order valence-corrected chi connectivity index (χ3v) is 4.13. The summed E-state index contributed by atoms with van der Waals surface area (Å²) in [6.07, 6.45) is 1.91. The summed E-state index contributed by atoms with van der Waals surface area (Å²) in [6, 6.07) is 8.53. The Morgan fingerprint density at radius 2 is 1.85 bits per heavy atom. The second-order valence-corrected chi connectivity index (χ2v) is 6.89. The van der Waals surface area contributed by atoms with E-state index in [-0.39, 0.29) is 24.0 Å². The van der Waals surface area contributed by atoms with Gasteiger partial charge in [-0.1, -0.05) is 12.1 Å². The number of halogens is 1. The Balaban J connectivity index is 0.00000625. The summed E-state index contributed by atoms with van der Waals surface area (Å²) in [5, 5.41) is 16.2. The Morgan fingerprint density at radius 3 is 2.42 bits per heavy atom. The molecule has 0 fully saturated rings. The summed E-state index contributed by atoms with van der Waals surface area (Å²) in [7, 11) is 0. The van der Waals surface area contributed by atoms with Crippen molar-refractivity contribution in [3.63, 3.8) is 0 Å². The van der Waals surface area contributed by atoms with Crippen molar-refractivity contribution in [3.8, 4) is 5.75 Å². The van der Waals surface area contributed by atoms with Gasteiger partial charge in [-0.25, -0.2) is 0 Å². The number of nitrogens with one attached hydrogen (secondary N) is 2. The molecule has 0 saturated carbocycles. The number of guanidine groups is 1. The molecule has 0 spiro atoms. The minimum atomic E-state index is 0. The fourth-order valence-electron chi connectivity index (χ4n) is 2.94. The summed E-state index contributed by atoms with van der Waals surface area (Å²) in [5.41, 5.74) is 1.12. The number of phenolic OH excluding ortho intramolecular Hbond substituents is 1. The van der Waals surface area contributed by atoms with E-state index >= 15 is 0 Å². The molecule has 5 nitrogen and oxygen atoms in total. The smallest absolute Gasteiger partial charge is 0.191 e. The lowest BCUT2D eigenvalue weighted by molar-refractivity contribution is 0.174. The van der Waals surface area contributed by atoms with Crippen molar-refractivity contribution < 1.29 is 5.11 Å². The SMILES string of the molecule is CCNC(=NCCCN(C(C)C)C(C)C)NCCc1cccc(O)c1.I. The first-order chi connectivity index (χ1) is 11.9. The van der Waals surface area contributed by atoms with Crippen LogP contribution in [0.4, 0.5) is 0 Å². The van der Waals surface area contributed by atoms with Crippen molar-refractivity contribution in [3.05, 3.63) is 29.8 Å². The molecule has 1 aromatic rings. The Kier molecular flexibility index (Phi) is 13.5. The second-order valence-electron chi connectivity index (χ2n) is 6.89. The van der Waals surface area contributed by atoms with Gasteiger partial charge in [0, 0.05) is 38.3 Å². The van der Waals surface area contributed by atoms with Crippen molar-refractivity contribution in [2.24, 2.45) is 4.99 Å². The van der Waals surface area contributed by atoms with Crippen LogP contribution in [0.25, 0.3) is 0 Å². The van der Waals surface area contributed by atoms with Gasteiger partial charge in [-0.05, 0) is 65.2 Å². The fraction of sp³-hybridized carbons (Fsp3) is 0.650. The molecule has 0 aliphatic heterocycles. The zero-order valence-electron chi connectivity index (χ0n) is 17.0. The van der Waals surface area contributed by atoms with Crippen LogP contribution in [0.1, 0.15) is 46.6 Å². The van der Waals surface area contributed by atoms with E-state index in [1.807, 2.05) is 12.1 Å². The molecule has 6 heteroatoms. The minimum absolute atomic E-state index is 0. The molecule has 1 rings (SSSR count). The monoisotopic (exact) mass is 476 g/mol. The van der Waals surface area contributed by atoms with Crippen molar-refractivity contribution >= 4 is 29.9 Å². The molecule has 0 aromatic heterocycles. The lowest BCUT2D eigenvalue weighted by Gasteiger charge is -2.30. The summed E-state index contributed by atoms with van der Waals surface area (Å²) >= 11 is 0. The van der Waals surface area contributed by atoms with Crippen LogP contribution in [0.5, 0.6) is 5.75 Å². The summed E-state index contributed by atoms with van der Waals surface area (Å²) in [5.74, 6) is 1.18. The van der Waals surface area contributed by atoms with Gasteiger partial charge in [-0.3, -0.25) is 9.89 Å². The van der Waals surface area contributed by atoms with Gasteiger partial charge in [0.25, 0.3) is 0 Å². The average Bonchev–Trinajstić information content (AvgIpc) is 2.54. The quantitative estimate of drug-likeness (QED) is 0.209. The molecule has 0 atom stereocenters. The maximum Gasteiger partial charge on any atom is 0.191 e. The van der Waals surface area contributed by atoms with Gasteiger partial charge in [0.1, 0.15) is 5.75 Å². The first kappa shape index (κ1) is 25.0. The molecule has 0 saturated heterocycles. The Morgan fingerprint density at radius 1 is 1.15 bits per heavy atom. The molecule has 0 unspecified atom stereocenters. The summed E-state index contributed by atoms with van der Waals surface area (Å²) in [4.78, 5) is 7.17. The van der Waals surface area contributed by atoms with E-state index in [2.05, 4.69) is 55.1 Å². The highest BCUT2D eigenvalue weighted by atomic mass is 127. The normalized spacial score (nSPS) is 11.8. The number of aromatic hydroxyl groups is 1. The van der Waals surface area contributed by atoms with Gasteiger partial charge < -0.3 is 15.7 Å². The van der Waals surface area contributed by atoms with E-state index in [0.717, 1.165) is 50.5 Å². The maximum absolute atomic E-state index is 9.51. The second kappa shape index (κ2) is 14.1. The predicted molar refractivity (Wildman–Crippen MR) is 123 cm³/mol. The first-order valence-electron chi connectivity index (χ1n) is 9.49. The molecule has 0 aliphatic rings. The lowest BCUT2D eigenvalue weighted by Crippen LogP contribution is -2.39. The van der Waals surface area contributed by atoms with Crippen LogP contribution in [0.3, 0.4) is 0 Å². The summed E-state index contributed by atoms with van der Waals surface area (Å²) in [6.45, 7) is 14.6. The Labute approximate surface area is 176 Å². The molecular formula is C20H37IN4O. The molecular weight excluding hydrogens is 439 g/mol. The van der Waals surface area contributed by atoms with E-state index in [1.165, 1.54) is 0 Å². The topological polar surface area (TPSA) is 59.9 Å². The number of hydrogen-bond donors (Lipinski definition) is 3. The molecule has 0 amide bonds. The van der Waals surface area contributed by atoms with E-state index in [4.69, 9.17) is 0 Å². The number of hydrogen-bond acceptors (Lipinski definition) is 3. The zero-order valence-corrected chi connectivity index (χ0v) is 19.3. The van der Waals surface area contributed by atoms with Gasteiger partial charge >= 0.3 is 0 Å². The molecule has 150 valence electrons. The highest BCUT2D eigenvalue weighted by molar-refractivity contribution is 14.0. The van der Waals surface area contributed by atoms with Crippen LogP contribution >= 0.6 is 24.0 Å². The maximum atomic E-state index is 9.51. The third-order valence-electron chi connectivity index (χ3n) is 4.13. The standard InChI is InChI=1S/C20H36N4O.HI/c1-6-21-20(22-12-8-14-24(16(2)3)17(4)5)23-13-11-18-9-7-10-19(25)15-18;/h7,9-10,15-17,25H,6,8,11-14H2,1-5H3,(H2,21,22,23);1H. The van der Waals surface area contributed by atoms with Crippen molar-refractivity contribution in [2.75, 3.05) is 26.2 Å². The van der Waals surface area contributed by atoms with Crippen molar-refractivity contribution in [2.45, 2.75) is 59.5 Å². The lowest BCUT2D eigenvalue weighted by atomic mass is 10.1. The van der Waals surface area contributed by atoms with Crippen LogP contribution in [-0.2, 0) is 6.42 Å². The van der Waals surface area contributed by atoms with Crippen LogP contribution in [0.15, 0.2) is 29.3 Å². The fourth-order valence-corrected chi connectivity index (χ4v) is 2.94. The van der Waals surface area contributed by atoms with Gasteiger partial charge in [0.2, 0.25) is 0 Å². The molecule has 0 radical (unpaired) electrons. The van der Waals surface area contributed by atoms with Crippen LogP contribution in [0.2, 0.25) is 0 Å². The zero-order chi connectivity index (χ0) is 18.7. The van der Waals surface area contributed by atoms with Crippen molar-refractivity contribution in [1.29, 1.82) is 0 Å². The van der Waals surface area contributed by atoms with Crippen molar-refractivity contribution in [1.82, 2.24) is 15.5 Å². The van der Waals surface area contributed by atoms with Gasteiger partial charge in [0.15, 0.2) is 5.96 Å². The molecule has 1 aromatic carbocycles. The van der Waals surface area contributed by atoms with Crippen LogP contribution in [0, 0.1) is 0 Å². The number of phenols is 1. The number of benzene rings is 1. The number of aliphatic imine (C=N–C) groups is 1. The molecule has 0 heterocycles. The predicted octanol–water partition coefficient (Wildman–Crippen LogP) is 3.62. The van der Waals surface area contributed by atoms with Gasteiger partial charge in [-0.15, -0.1) is 24.0 Å². The average molecular weight is 476 g/mol. The van der Waals surface area contributed by atoms with Gasteiger partial charge in [-0.2, -0.15) is 0 Å². The Hall–Kier alpha value is -1.02. The van der Waals surface area contributed by atoms with E-state index in [0.29, 0.717) is 17.8 Å². The van der Waals surface area contributed by atoms with E-state index in [9.17, 15) is 5.11 Å². The minimum Gasteiger partial charge on any atom is -0.508 e. The number of nitrogens with zero attached hydrogens (tertiary/aromatic N) is 2. The van der Waals surface area contributed by atoms with Crippen LogP contribution in [-0.4, -0.2) is 54.2 Å². The number of rotatable bonds is 10. The first-order valence-corrected chi connectivity index (χ1v) is 9.49. The highest BCUT2D eigenvalue weighted by Crippen LogP contribution is 2.10. The molecule has 26 heavy (non-hydrogen) atoms. The van der Waals surface area contributed by atoms with Gasteiger partial charge in [0.05, 0.1) is 0 Å². The third kappa shape index (κ3) is 10.2. The molecule has 0 bridgehead atoms. The molecule has 3 N–H and O–H groups in total. The Bertz CT molecular complexity index is 512. The summed E-state index contributed by atoms with van der Waals surface area (Å²) < 4.78 is 0. The van der Waals surface area contributed by atoms with Crippen LogP contribution < -0.4 is 10.6 Å². The van der Waals surface area contributed by atoms with E-state index < -0.39 is 0 Å². The largest absolute Gasteiger partial charge is 0.508 e. The highest BCUT2D eigenvalue weighted by Gasteiger charge is 2.12. The van der Waals surface area contributed by atoms with E-state index in [1.54, 1.807) is 12.1 Å². The molecule has 0 aliphatic carbocycles.